The Bertz CT molecular complexity index is 372. The molecule has 0 aromatic carbocycles. The minimum absolute atomic E-state index is 0.145. The molecule has 0 spiro atoms. The molecule has 0 saturated heterocycles. The first kappa shape index (κ1) is 11.0. The SMILES string of the molecule is [N-]=[N+]=NCCNC(=O)c1ccc(Br)s1. The van der Waals surface area contributed by atoms with Crippen molar-refractivity contribution in [1.82, 2.24) is 5.32 Å². The largest absolute Gasteiger partial charge is 0.351 e. The lowest BCUT2D eigenvalue weighted by molar-refractivity contribution is 0.0959. The molecule has 0 radical (unpaired) electrons. The smallest absolute Gasteiger partial charge is 0.261 e. The first-order valence-corrected chi connectivity index (χ1v) is 5.39. The normalized spacial score (nSPS) is 9.21. The van der Waals surface area contributed by atoms with Crippen LogP contribution in [-0.4, -0.2) is 19.0 Å². The lowest BCUT2D eigenvalue weighted by Crippen LogP contribution is -2.24. The molecule has 0 aliphatic carbocycles. The fraction of sp³-hybridized carbons (Fsp3) is 0.286. The second-order valence-electron chi connectivity index (χ2n) is 2.31. The van der Waals surface area contributed by atoms with E-state index >= 15 is 0 Å². The highest BCUT2D eigenvalue weighted by Crippen LogP contribution is 2.21. The molecular weight excluding hydrogens is 268 g/mol. The van der Waals surface area contributed by atoms with E-state index in [0.717, 1.165) is 3.79 Å². The number of carbonyl (C=O) groups excluding carboxylic acids is 1. The Morgan fingerprint density at radius 2 is 2.50 bits per heavy atom. The molecule has 0 bridgehead atoms. The van der Waals surface area contributed by atoms with Gasteiger partial charge in [-0.2, -0.15) is 0 Å². The predicted molar refractivity (Wildman–Crippen MR) is 58.4 cm³/mol. The van der Waals surface area contributed by atoms with E-state index in [9.17, 15) is 4.79 Å². The number of amides is 1. The second kappa shape index (κ2) is 5.64. The summed E-state index contributed by atoms with van der Waals surface area (Å²) in [6.07, 6.45) is 0. The van der Waals surface area contributed by atoms with Crippen LogP contribution >= 0.6 is 27.3 Å². The van der Waals surface area contributed by atoms with Crippen molar-refractivity contribution in [2.45, 2.75) is 0 Å². The van der Waals surface area contributed by atoms with Crippen LogP contribution in [0, 0.1) is 0 Å². The number of nitrogens with zero attached hydrogens (tertiary/aromatic N) is 3. The van der Waals surface area contributed by atoms with E-state index in [0.29, 0.717) is 11.4 Å². The van der Waals surface area contributed by atoms with Crippen molar-refractivity contribution in [1.29, 1.82) is 0 Å². The lowest BCUT2D eigenvalue weighted by Gasteiger charge is -1.98. The molecule has 0 aliphatic rings. The molecular formula is C7H7BrN4OS. The number of nitrogens with one attached hydrogen (secondary N) is 1. The minimum atomic E-state index is -0.145. The van der Waals surface area contributed by atoms with Gasteiger partial charge >= 0.3 is 0 Å². The molecule has 0 atom stereocenters. The molecule has 1 rings (SSSR count). The monoisotopic (exact) mass is 274 g/mol. The van der Waals surface area contributed by atoms with Gasteiger partial charge < -0.3 is 5.32 Å². The Morgan fingerprint density at radius 1 is 1.71 bits per heavy atom. The maximum absolute atomic E-state index is 11.4. The zero-order valence-electron chi connectivity index (χ0n) is 7.11. The van der Waals surface area contributed by atoms with E-state index in [-0.39, 0.29) is 12.5 Å². The average molecular weight is 275 g/mol. The van der Waals surface area contributed by atoms with Crippen LogP contribution in [0.1, 0.15) is 9.67 Å². The summed E-state index contributed by atoms with van der Waals surface area (Å²) in [7, 11) is 0. The van der Waals surface area contributed by atoms with Crippen molar-refractivity contribution >= 4 is 33.2 Å². The molecule has 0 aliphatic heterocycles. The molecule has 1 N–H and O–H groups in total. The van der Waals surface area contributed by atoms with Gasteiger partial charge in [-0.1, -0.05) is 5.11 Å². The van der Waals surface area contributed by atoms with Crippen LogP contribution in [0.3, 0.4) is 0 Å². The van der Waals surface area contributed by atoms with Gasteiger partial charge in [0.2, 0.25) is 0 Å². The standard InChI is InChI=1S/C7H7BrN4OS/c8-6-2-1-5(14-6)7(13)10-3-4-11-12-9/h1-2H,3-4H2,(H,10,13). The van der Waals surface area contributed by atoms with Crippen molar-refractivity contribution < 1.29 is 4.79 Å². The Balaban J connectivity index is 2.39. The number of hydrogen-bond acceptors (Lipinski definition) is 3. The molecule has 14 heavy (non-hydrogen) atoms. The molecule has 7 heteroatoms. The van der Waals surface area contributed by atoms with Crippen LogP contribution in [0.2, 0.25) is 0 Å². The molecule has 1 amide bonds. The van der Waals surface area contributed by atoms with Crippen LogP contribution < -0.4 is 5.32 Å². The Kier molecular flexibility index (Phi) is 4.45. The van der Waals surface area contributed by atoms with E-state index in [4.69, 9.17) is 5.53 Å². The van der Waals surface area contributed by atoms with Crippen LogP contribution in [-0.2, 0) is 0 Å². The molecule has 74 valence electrons. The summed E-state index contributed by atoms with van der Waals surface area (Å²) in [5, 5.41) is 5.94. The number of halogens is 1. The van der Waals surface area contributed by atoms with Gasteiger partial charge in [-0.3, -0.25) is 4.79 Å². The minimum Gasteiger partial charge on any atom is -0.351 e. The van der Waals surface area contributed by atoms with E-state index in [2.05, 4.69) is 31.3 Å². The summed E-state index contributed by atoms with van der Waals surface area (Å²) < 4.78 is 0.915. The summed E-state index contributed by atoms with van der Waals surface area (Å²) in [4.78, 5) is 14.6. The summed E-state index contributed by atoms with van der Waals surface area (Å²) in [5.74, 6) is -0.145. The van der Waals surface area contributed by atoms with E-state index in [1.165, 1.54) is 11.3 Å². The topological polar surface area (TPSA) is 77.9 Å². The first-order chi connectivity index (χ1) is 6.74. The highest BCUT2D eigenvalue weighted by atomic mass is 79.9. The van der Waals surface area contributed by atoms with Crippen LogP contribution in [0.15, 0.2) is 21.0 Å². The van der Waals surface area contributed by atoms with Gasteiger partial charge in [0.05, 0.1) is 8.66 Å². The van der Waals surface area contributed by atoms with Crippen LogP contribution in [0.25, 0.3) is 10.4 Å². The first-order valence-electron chi connectivity index (χ1n) is 3.78. The highest BCUT2D eigenvalue weighted by Gasteiger charge is 2.06. The second-order valence-corrected chi connectivity index (χ2v) is 4.78. The number of carbonyl (C=O) groups is 1. The third-order valence-electron chi connectivity index (χ3n) is 1.36. The highest BCUT2D eigenvalue weighted by molar-refractivity contribution is 9.11. The number of thiophene rings is 1. The van der Waals surface area contributed by atoms with Gasteiger partial charge in [-0.15, -0.1) is 11.3 Å². The van der Waals surface area contributed by atoms with E-state index in [1.54, 1.807) is 6.07 Å². The van der Waals surface area contributed by atoms with Gasteiger partial charge in [0, 0.05) is 18.0 Å². The van der Waals surface area contributed by atoms with Crippen molar-refractivity contribution in [3.05, 3.63) is 31.2 Å². The third-order valence-corrected chi connectivity index (χ3v) is 2.98. The van der Waals surface area contributed by atoms with E-state index in [1.807, 2.05) is 6.07 Å². The quantitative estimate of drug-likeness (QED) is 0.389. The fourth-order valence-corrected chi connectivity index (χ4v) is 2.09. The fourth-order valence-electron chi connectivity index (χ4n) is 0.788. The number of azide groups is 1. The predicted octanol–water partition coefficient (Wildman–Crippen LogP) is 2.55. The molecule has 5 nitrogen and oxygen atoms in total. The summed E-state index contributed by atoms with van der Waals surface area (Å²) >= 11 is 4.63. The Morgan fingerprint density at radius 3 is 3.07 bits per heavy atom. The van der Waals surface area contributed by atoms with Crippen molar-refractivity contribution in [2.24, 2.45) is 5.11 Å². The summed E-state index contributed by atoms with van der Waals surface area (Å²) in [6, 6.07) is 3.55. The molecule has 1 aromatic heterocycles. The van der Waals surface area contributed by atoms with Gasteiger partial charge in [0.15, 0.2) is 0 Å². The van der Waals surface area contributed by atoms with Crippen molar-refractivity contribution in [2.75, 3.05) is 13.1 Å². The molecule has 1 aromatic rings. The maximum Gasteiger partial charge on any atom is 0.261 e. The third kappa shape index (κ3) is 3.37. The van der Waals surface area contributed by atoms with Crippen LogP contribution in [0.5, 0.6) is 0 Å². The zero-order chi connectivity index (χ0) is 10.4. The van der Waals surface area contributed by atoms with Crippen molar-refractivity contribution in [3.63, 3.8) is 0 Å². The maximum atomic E-state index is 11.4. The van der Waals surface area contributed by atoms with Gasteiger partial charge in [-0.05, 0) is 33.6 Å². The van der Waals surface area contributed by atoms with Gasteiger partial charge in [0.1, 0.15) is 0 Å². The Labute approximate surface area is 92.9 Å². The summed E-state index contributed by atoms with van der Waals surface area (Å²) in [5.41, 5.74) is 7.99. The number of rotatable bonds is 4. The zero-order valence-corrected chi connectivity index (χ0v) is 9.51. The van der Waals surface area contributed by atoms with Gasteiger partial charge in [-0.25, -0.2) is 0 Å². The van der Waals surface area contributed by atoms with E-state index < -0.39 is 0 Å². The van der Waals surface area contributed by atoms with Crippen LogP contribution in [0.4, 0.5) is 0 Å². The lowest BCUT2D eigenvalue weighted by atomic mass is 10.4. The Hall–Kier alpha value is -1.04. The average Bonchev–Trinajstić information content (AvgIpc) is 2.59. The molecule has 0 unspecified atom stereocenters. The summed E-state index contributed by atoms with van der Waals surface area (Å²) in [6.45, 7) is 0.632. The molecule has 0 saturated carbocycles. The number of hydrogen-bond donors (Lipinski definition) is 1. The van der Waals surface area contributed by atoms with Gasteiger partial charge in [0.25, 0.3) is 5.91 Å². The molecule has 1 heterocycles. The molecule has 0 fully saturated rings. The van der Waals surface area contributed by atoms with Crippen molar-refractivity contribution in [3.8, 4) is 0 Å².